The molecule has 0 aliphatic carbocycles. The van der Waals surface area contributed by atoms with Gasteiger partial charge in [0.05, 0.1) is 17.4 Å². The van der Waals surface area contributed by atoms with Crippen molar-refractivity contribution < 1.29 is 27.5 Å². The number of nitrogens with zero attached hydrogens (tertiary/aromatic N) is 5. The van der Waals surface area contributed by atoms with E-state index in [1.807, 2.05) is 11.8 Å². The minimum Gasteiger partial charge on any atom is -0.443 e. The molecular weight excluding hydrogens is 505 g/mol. The zero-order valence-corrected chi connectivity index (χ0v) is 20.3. The first kappa shape index (κ1) is 26.6. The summed E-state index contributed by atoms with van der Waals surface area (Å²) in [5, 5.41) is 2.63. The lowest BCUT2D eigenvalue weighted by atomic mass is 9.88. The Morgan fingerprint density at radius 3 is 2.47 bits per heavy atom. The molecule has 0 aromatic carbocycles. The van der Waals surface area contributed by atoms with Crippen LogP contribution in [0.15, 0.2) is 42.9 Å². The number of carbonyl (C=O) groups excluding carboxylic acids is 2. The van der Waals surface area contributed by atoms with Gasteiger partial charge in [0.15, 0.2) is 17.3 Å². The summed E-state index contributed by atoms with van der Waals surface area (Å²) in [7, 11) is 0. The third kappa shape index (κ3) is 5.58. The molecule has 5 N–H and O–H groups in total. The molecule has 0 atom stereocenters. The number of hydrogen-bond acceptors (Lipinski definition) is 9. The van der Waals surface area contributed by atoms with E-state index in [4.69, 9.17) is 16.2 Å². The molecule has 0 saturated carbocycles. The summed E-state index contributed by atoms with van der Waals surface area (Å²) in [6, 6.07) is 5.46. The molecule has 11 nitrogen and oxygen atoms in total. The van der Waals surface area contributed by atoms with Gasteiger partial charge < -0.3 is 26.4 Å². The van der Waals surface area contributed by atoms with Gasteiger partial charge in [-0.1, -0.05) is 6.92 Å². The molecular formula is C24H25F3N8O3. The number of nitrogen functional groups attached to an aromatic ring is 1. The van der Waals surface area contributed by atoms with Gasteiger partial charge in [0.2, 0.25) is 0 Å². The molecule has 0 spiro atoms. The van der Waals surface area contributed by atoms with Crippen LogP contribution in [0.4, 0.5) is 35.3 Å². The normalized spacial score (nSPS) is 15.1. The first-order chi connectivity index (χ1) is 18.0. The van der Waals surface area contributed by atoms with Crippen LogP contribution < -0.4 is 21.7 Å². The number of ether oxygens (including phenoxy) is 1. The largest absolute Gasteiger partial charge is 0.443 e. The van der Waals surface area contributed by atoms with Crippen LogP contribution in [0.5, 0.6) is 0 Å². The van der Waals surface area contributed by atoms with Crippen LogP contribution in [0, 0.1) is 0 Å². The second-order valence-corrected chi connectivity index (χ2v) is 8.66. The number of carbonyl (C=O) groups is 2. The van der Waals surface area contributed by atoms with Crippen LogP contribution in [0.1, 0.15) is 42.2 Å². The molecule has 4 rings (SSSR count). The third-order valence-electron chi connectivity index (χ3n) is 6.37. The summed E-state index contributed by atoms with van der Waals surface area (Å²) in [5.74, 6) is -0.890. The predicted molar refractivity (Wildman–Crippen MR) is 132 cm³/mol. The van der Waals surface area contributed by atoms with Crippen molar-refractivity contribution in [3.8, 4) is 11.4 Å². The van der Waals surface area contributed by atoms with Gasteiger partial charge in [-0.3, -0.25) is 9.78 Å². The quantitative estimate of drug-likeness (QED) is 0.432. The monoisotopic (exact) mass is 530 g/mol. The molecule has 1 aliphatic rings. The van der Waals surface area contributed by atoms with Crippen molar-refractivity contribution >= 4 is 29.3 Å². The van der Waals surface area contributed by atoms with Crippen LogP contribution in [0.2, 0.25) is 0 Å². The minimum atomic E-state index is -4.69. The Balaban J connectivity index is 1.58. The van der Waals surface area contributed by atoms with Crippen molar-refractivity contribution in [2.45, 2.75) is 38.0 Å². The van der Waals surface area contributed by atoms with E-state index < -0.39 is 35.0 Å². The molecule has 0 radical (unpaired) electrons. The van der Waals surface area contributed by atoms with E-state index in [0.29, 0.717) is 38.0 Å². The van der Waals surface area contributed by atoms with Gasteiger partial charge in [-0.05, 0) is 30.7 Å². The lowest BCUT2D eigenvalue weighted by Crippen LogP contribution is -2.47. The number of alkyl halides is 3. The number of aromatic nitrogens is 4. The highest BCUT2D eigenvalue weighted by Crippen LogP contribution is 2.36. The van der Waals surface area contributed by atoms with E-state index in [0.717, 1.165) is 18.3 Å². The van der Waals surface area contributed by atoms with Gasteiger partial charge in [0.25, 0.3) is 5.91 Å². The fourth-order valence-electron chi connectivity index (χ4n) is 4.33. The van der Waals surface area contributed by atoms with Crippen LogP contribution in [0.25, 0.3) is 11.4 Å². The van der Waals surface area contributed by atoms with Crippen molar-refractivity contribution in [3.05, 3.63) is 54.1 Å². The van der Waals surface area contributed by atoms with Gasteiger partial charge in [-0.2, -0.15) is 13.2 Å². The van der Waals surface area contributed by atoms with Gasteiger partial charge in [-0.25, -0.2) is 19.7 Å². The molecule has 0 bridgehead atoms. The Bertz CT molecular complexity index is 1340. The summed E-state index contributed by atoms with van der Waals surface area (Å²) in [5.41, 5.74) is 8.87. The highest BCUT2D eigenvalue weighted by Gasteiger charge is 2.37. The van der Waals surface area contributed by atoms with E-state index in [2.05, 4.69) is 25.3 Å². The molecule has 2 amide bonds. The van der Waals surface area contributed by atoms with Crippen LogP contribution in [0.3, 0.4) is 0 Å². The summed E-state index contributed by atoms with van der Waals surface area (Å²) in [6.07, 6.45) is -0.207. The zero-order chi connectivity index (χ0) is 27.5. The number of nitrogens with two attached hydrogens (primary N) is 2. The first-order valence-electron chi connectivity index (χ1n) is 11.7. The molecule has 38 heavy (non-hydrogen) atoms. The molecule has 3 aromatic rings. The maximum atomic E-state index is 13.5. The van der Waals surface area contributed by atoms with E-state index in [1.54, 1.807) is 12.1 Å². The summed E-state index contributed by atoms with van der Waals surface area (Å²) in [4.78, 5) is 42.4. The fourth-order valence-corrected chi connectivity index (χ4v) is 4.33. The van der Waals surface area contributed by atoms with E-state index in [1.165, 1.54) is 12.4 Å². The van der Waals surface area contributed by atoms with Gasteiger partial charge in [0.1, 0.15) is 17.0 Å². The van der Waals surface area contributed by atoms with Crippen molar-refractivity contribution in [1.29, 1.82) is 0 Å². The van der Waals surface area contributed by atoms with Gasteiger partial charge in [-0.15, -0.1) is 0 Å². The maximum Gasteiger partial charge on any atom is 0.418 e. The topological polar surface area (TPSA) is 162 Å². The second kappa shape index (κ2) is 10.5. The van der Waals surface area contributed by atoms with Crippen molar-refractivity contribution in [3.63, 3.8) is 0 Å². The summed E-state index contributed by atoms with van der Waals surface area (Å²) in [6.45, 7) is 2.90. The number of nitrogens with one attached hydrogen (secondary N) is 1. The molecule has 14 heteroatoms. The number of amides is 2. The summed E-state index contributed by atoms with van der Waals surface area (Å²) < 4.78 is 45.8. The molecule has 1 saturated heterocycles. The van der Waals surface area contributed by atoms with Crippen molar-refractivity contribution in [1.82, 2.24) is 19.9 Å². The Labute approximate surface area is 215 Å². The Kier molecular flexibility index (Phi) is 7.32. The standard InChI is InChI=1S/C24H25F3N8O3/c1-2-23(38-22(29)37)7-11-35(12-8-23)16-6-4-10-31-20(16)34-21(36)18-19(28)32-13-15(33-18)17-14(24(25,26)27)5-3-9-30-17/h3-6,9-10,13H,2,7-8,11-12H2,1H3,(H2,28,32)(H2,29,37)(H,31,34,36). The number of rotatable bonds is 6. The molecule has 4 heterocycles. The van der Waals surface area contributed by atoms with Gasteiger partial charge in [0, 0.05) is 38.3 Å². The highest BCUT2D eigenvalue weighted by atomic mass is 19.4. The van der Waals surface area contributed by atoms with Crippen LogP contribution in [-0.4, -0.2) is 50.6 Å². The number of piperidine rings is 1. The number of pyridine rings is 2. The van der Waals surface area contributed by atoms with E-state index in [-0.39, 0.29) is 23.0 Å². The van der Waals surface area contributed by atoms with E-state index >= 15 is 0 Å². The smallest absolute Gasteiger partial charge is 0.418 e. The fraction of sp³-hybridized carbons (Fsp3) is 0.333. The number of anilines is 3. The number of hydrogen-bond donors (Lipinski definition) is 3. The van der Waals surface area contributed by atoms with Crippen LogP contribution >= 0.6 is 0 Å². The van der Waals surface area contributed by atoms with E-state index in [9.17, 15) is 22.8 Å². The Hall–Kier alpha value is -4.49. The Morgan fingerprint density at radius 1 is 1.13 bits per heavy atom. The lowest BCUT2D eigenvalue weighted by Gasteiger charge is -2.41. The summed E-state index contributed by atoms with van der Waals surface area (Å²) >= 11 is 0. The molecule has 1 aliphatic heterocycles. The molecule has 3 aromatic heterocycles. The minimum absolute atomic E-state index is 0.192. The van der Waals surface area contributed by atoms with Crippen LogP contribution in [-0.2, 0) is 10.9 Å². The average molecular weight is 531 g/mol. The Morgan fingerprint density at radius 2 is 1.82 bits per heavy atom. The lowest BCUT2D eigenvalue weighted by molar-refractivity contribution is -0.137. The van der Waals surface area contributed by atoms with Crippen molar-refractivity contribution in [2.75, 3.05) is 29.0 Å². The van der Waals surface area contributed by atoms with Gasteiger partial charge >= 0.3 is 12.3 Å². The molecule has 200 valence electrons. The third-order valence-corrected chi connectivity index (χ3v) is 6.37. The predicted octanol–water partition coefficient (Wildman–Crippen LogP) is 3.63. The second-order valence-electron chi connectivity index (χ2n) is 8.66. The highest BCUT2D eigenvalue weighted by molar-refractivity contribution is 6.06. The first-order valence-corrected chi connectivity index (χ1v) is 11.7. The average Bonchev–Trinajstić information content (AvgIpc) is 2.89. The zero-order valence-electron chi connectivity index (χ0n) is 20.3. The maximum absolute atomic E-state index is 13.5. The number of primary amides is 1. The molecule has 1 fully saturated rings. The molecule has 0 unspecified atom stereocenters. The SMILES string of the molecule is CCC1(OC(N)=O)CCN(c2cccnc2NC(=O)c2nc(-c3ncccc3C(F)(F)F)cnc2N)CC1. The van der Waals surface area contributed by atoms with Crippen molar-refractivity contribution in [2.24, 2.45) is 5.73 Å². The number of halogens is 3.